The number of hydrogen-bond acceptors (Lipinski definition) is 4. The van der Waals surface area contributed by atoms with Crippen molar-refractivity contribution in [3.05, 3.63) is 94.5 Å². The molecule has 4 rings (SSSR count). The first kappa shape index (κ1) is 28.9. The van der Waals surface area contributed by atoms with Crippen LogP contribution in [0.4, 0.5) is 5.69 Å². The summed E-state index contributed by atoms with van der Waals surface area (Å²) in [5.41, 5.74) is 0.806. The van der Waals surface area contributed by atoms with E-state index in [4.69, 9.17) is 23.2 Å². The molecule has 1 N–H and O–H groups in total. The van der Waals surface area contributed by atoms with Crippen molar-refractivity contribution in [3.8, 4) is 0 Å². The smallest absolute Gasteiger partial charge is 0.264 e. The van der Waals surface area contributed by atoms with Crippen LogP contribution >= 0.6 is 23.2 Å². The molecular weight excluding hydrogens is 557 g/mol. The molecule has 3 aromatic carbocycles. The van der Waals surface area contributed by atoms with E-state index in [1.165, 1.54) is 17.0 Å². The zero-order valence-corrected chi connectivity index (χ0v) is 23.9. The van der Waals surface area contributed by atoms with Crippen LogP contribution in [-0.4, -0.2) is 43.8 Å². The number of benzene rings is 3. The summed E-state index contributed by atoms with van der Waals surface area (Å²) < 4.78 is 28.5. The van der Waals surface area contributed by atoms with Crippen LogP contribution in [0.25, 0.3) is 0 Å². The molecular formula is C29H31Cl2N3O4S. The molecule has 2 amide bonds. The van der Waals surface area contributed by atoms with Gasteiger partial charge in [-0.25, -0.2) is 8.42 Å². The fraction of sp³-hybridized carbons (Fsp3) is 0.310. The van der Waals surface area contributed by atoms with Crippen LogP contribution in [-0.2, 0) is 26.2 Å². The highest BCUT2D eigenvalue weighted by molar-refractivity contribution is 7.92. The third-order valence-electron chi connectivity index (χ3n) is 6.91. The van der Waals surface area contributed by atoms with Crippen LogP contribution in [0.15, 0.2) is 83.8 Å². The van der Waals surface area contributed by atoms with E-state index in [9.17, 15) is 18.0 Å². The predicted molar refractivity (Wildman–Crippen MR) is 154 cm³/mol. The summed E-state index contributed by atoms with van der Waals surface area (Å²) in [6.07, 6.45) is 3.86. The van der Waals surface area contributed by atoms with E-state index < -0.39 is 28.5 Å². The topological polar surface area (TPSA) is 86.8 Å². The second-order valence-electron chi connectivity index (χ2n) is 9.55. The lowest BCUT2D eigenvalue weighted by molar-refractivity contribution is -0.139. The highest BCUT2D eigenvalue weighted by Gasteiger charge is 2.33. The molecule has 0 radical (unpaired) electrons. The quantitative estimate of drug-likeness (QED) is 0.331. The molecule has 0 aliphatic heterocycles. The molecule has 1 aliphatic rings. The molecule has 0 aromatic heterocycles. The Labute approximate surface area is 239 Å². The van der Waals surface area contributed by atoms with Crippen LogP contribution in [0.3, 0.4) is 0 Å². The number of nitrogens with zero attached hydrogens (tertiary/aromatic N) is 2. The van der Waals surface area contributed by atoms with Crippen LogP contribution in [0.2, 0.25) is 10.0 Å². The minimum Gasteiger partial charge on any atom is -0.352 e. The molecule has 1 atom stereocenters. The van der Waals surface area contributed by atoms with Crippen molar-refractivity contribution in [2.24, 2.45) is 0 Å². The monoisotopic (exact) mass is 587 g/mol. The van der Waals surface area contributed by atoms with E-state index in [-0.39, 0.29) is 23.4 Å². The number of nitrogens with one attached hydrogen (secondary N) is 1. The molecule has 10 heteroatoms. The normalized spacial score (nSPS) is 14.5. The highest BCUT2D eigenvalue weighted by Crippen LogP contribution is 2.28. The van der Waals surface area contributed by atoms with Crippen molar-refractivity contribution in [1.29, 1.82) is 0 Å². The van der Waals surface area contributed by atoms with Gasteiger partial charge < -0.3 is 10.2 Å². The Hall–Kier alpha value is -3.07. The van der Waals surface area contributed by atoms with Crippen molar-refractivity contribution >= 4 is 50.7 Å². The van der Waals surface area contributed by atoms with E-state index in [0.717, 1.165) is 30.0 Å². The predicted octanol–water partition coefficient (Wildman–Crippen LogP) is 5.66. The maximum Gasteiger partial charge on any atom is 0.264 e. The van der Waals surface area contributed by atoms with Crippen LogP contribution in [0.5, 0.6) is 0 Å². The number of anilines is 1. The Balaban J connectivity index is 1.69. The summed E-state index contributed by atoms with van der Waals surface area (Å²) in [6.45, 7) is 1.04. The van der Waals surface area contributed by atoms with Gasteiger partial charge in [-0.1, -0.05) is 78.5 Å². The number of carbonyl (C=O) groups is 2. The Kier molecular flexibility index (Phi) is 9.53. The van der Waals surface area contributed by atoms with Gasteiger partial charge in [0.1, 0.15) is 12.6 Å². The van der Waals surface area contributed by atoms with Gasteiger partial charge in [0.05, 0.1) is 10.6 Å². The Morgan fingerprint density at radius 3 is 2.05 bits per heavy atom. The van der Waals surface area contributed by atoms with E-state index in [0.29, 0.717) is 21.3 Å². The summed E-state index contributed by atoms with van der Waals surface area (Å²) in [4.78, 5) is 28.6. The highest BCUT2D eigenvalue weighted by atomic mass is 35.5. The summed E-state index contributed by atoms with van der Waals surface area (Å²) in [6, 6.07) is 20.5. The van der Waals surface area contributed by atoms with E-state index in [1.807, 2.05) is 0 Å². The molecule has 0 unspecified atom stereocenters. The summed E-state index contributed by atoms with van der Waals surface area (Å²) >= 11 is 12.9. The average Bonchev–Trinajstić information content (AvgIpc) is 3.45. The molecule has 3 aromatic rings. The second kappa shape index (κ2) is 12.9. The Bertz CT molecular complexity index is 1380. The molecule has 0 saturated heterocycles. The van der Waals surface area contributed by atoms with Crippen LogP contribution < -0.4 is 9.62 Å². The maximum absolute atomic E-state index is 14.0. The fourth-order valence-corrected chi connectivity index (χ4v) is 6.62. The van der Waals surface area contributed by atoms with Gasteiger partial charge in [-0.05, 0) is 56.2 Å². The van der Waals surface area contributed by atoms with Gasteiger partial charge in [-0.2, -0.15) is 0 Å². The van der Waals surface area contributed by atoms with E-state index >= 15 is 0 Å². The van der Waals surface area contributed by atoms with E-state index in [2.05, 4.69) is 5.32 Å². The van der Waals surface area contributed by atoms with Gasteiger partial charge >= 0.3 is 0 Å². The van der Waals surface area contributed by atoms with Crippen molar-refractivity contribution in [1.82, 2.24) is 10.2 Å². The number of carbonyl (C=O) groups excluding carboxylic acids is 2. The van der Waals surface area contributed by atoms with E-state index in [1.54, 1.807) is 73.7 Å². The molecule has 39 heavy (non-hydrogen) atoms. The number of sulfonamides is 1. The summed E-state index contributed by atoms with van der Waals surface area (Å²) in [5.74, 6) is -0.876. The molecule has 0 spiro atoms. The first-order chi connectivity index (χ1) is 18.7. The third kappa shape index (κ3) is 6.93. The molecule has 206 valence electrons. The van der Waals surface area contributed by atoms with Crippen molar-refractivity contribution in [3.63, 3.8) is 0 Å². The summed E-state index contributed by atoms with van der Waals surface area (Å²) in [5, 5.41) is 3.73. The molecule has 1 fully saturated rings. The number of halogens is 2. The van der Waals surface area contributed by atoms with Gasteiger partial charge in [0.2, 0.25) is 11.8 Å². The standard InChI is InChI=1S/C29H31Cl2N3O4S/c1-21(29(36)32-22-11-8-9-12-22)33(19-25-26(30)17-10-18-27(25)31)28(35)20-34(23-13-4-2-5-14-23)39(37,38)24-15-6-3-7-16-24/h2-7,10,13-18,21-22H,8-9,11-12,19-20H2,1H3,(H,32,36)/t21-/m0/s1. The fourth-order valence-electron chi connectivity index (χ4n) is 4.67. The first-order valence-corrected chi connectivity index (χ1v) is 15.0. The molecule has 1 aliphatic carbocycles. The number of rotatable bonds is 10. The van der Waals surface area contributed by atoms with Crippen molar-refractivity contribution in [2.45, 2.75) is 56.1 Å². The van der Waals surface area contributed by atoms with Gasteiger partial charge in [-0.3, -0.25) is 13.9 Å². The van der Waals surface area contributed by atoms with Crippen LogP contribution in [0, 0.1) is 0 Å². The van der Waals surface area contributed by atoms with Gasteiger partial charge in [0.15, 0.2) is 0 Å². The van der Waals surface area contributed by atoms with Gasteiger partial charge in [0.25, 0.3) is 10.0 Å². The number of amides is 2. The SMILES string of the molecule is C[C@@H](C(=O)NC1CCCC1)N(Cc1c(Cl)cccc1Cl)C(=O)CN(c1ccccc1)S(=O)(=O)c1ccccc1. The zero-order valence-electron chi connectivity index (χ0n) is 21.6. The van der Waals surface area contributed by atoms with Crippen molar-refractivity contribution < 1.29 is 18.0 Å². The van der Waals surface area contributed by atoms with Gasteiger partial charge in [-0.15, -0.1) is 0 Å². The Morgan fingerprint density at radius 1 is 0.897 bits per heavy atom. The lowest BCUT2D eigenvalue weighted by atomic mass is 10.1. The second-order valence-corrected chi connectivity index (χ2v) is 12.2. The number of para-hydroxylation sites is 1. The molecule has 7 nitrogen and oxygen atoms in total. The Morgan fingerprint density at radius 2 is 1.46 bits per heavy atom. The lowest BCUT2D eigenvalue weighted by Gasteiger charge is -2.32. The molecule has 0 heterocycles. The minimum absolute atomic E-state index is 0.0503. The summed E-state index contributed by atoms with van der Waals surface area (Å²) in [7, 11) is -4.10. The maximum atomic E-state index is 14.0. The average molecular weight is 589 g/mol. The zero-order chi connectivity index (χ0) is 28.0. The third-order valence-corrected chi connectivity index (χ3v) is 9.41. The minimum atomic E-state index is -4.10. The van der Waals surface area contributed by atoms with Gasteiger partial charge in [0, 0.05) is 28.2 Å². The van der Waals surface area contributed by atoms with Crippen LogP contribution in [0.1, 0.15) is 38.2 Å². The van der Waals surface area contributed by atoms with Crippen molar-refractivity contribution in [2.75, 3.05) is 10.8 Å². The molecule has 0 bridgehead atoms. The largest absolute Gasteiger partial charge is 0.352 e. The lowest BCUT2D eigenvalue weighted by Crippen LogP contribution is -2.52. The molecule has 1 saturated carbocycles. The first-order valence-electron chi connectivity index (χ1n) is 12.8. The number of hydrogen-bond donors (Lipinski definition) is 1.